The first kappa shape index (κ1) is 28.1. The van der Waals surface area contributed by atoms with Gasteiger partial charge in [-0.25, -0.2) is 4.39 Å². The van der Waals surface area contributed by atoms with Crippen molar-refractivity contribution in [3.8, 4) is 0 Å². The monoisotopic (exact) mass is 564 g/mol. The second-order valence-corrected chi connectivity index (χ2v) is 11.4. The Kier molecular flexibility index (Phi) is 8.10. The van der Waals surface area contributed by atoms with E-state index >= 15 is 0 Å². The molecule has 0 saturated carbocycles. The fourth-order valence-corrected chi connectivity index (χ4v) is 6.54. The van der Waals surface area contributed by atoms with Gasteiger partial charge in [0.25, 0.3) is 11.8 Å². The third-order valence-electron chi connectivity index (χ3n) is 8.28. The molecule has 2 aromatic carbocycles. The maximum Gasteiger partial charge on any atom is 0.258 e. The van der Waals surface area contributed by atoms with Gasteiger partial charge >= 0.3 is 0 Å². The number of fused-ring (bicyclic) bond motifs is 1. The highest BCUT2D eigenvalue weighted by molar-refractivity contribution is 6.33. The smallest absolute Gasteiger partial charge is 0.258 e. The first-order valence-electron chi connectivity index (χ1n) is 13.7. The molecule has 2 saturated heterocycles. The van der Waals surface area contributed by atoms with Gasteiger partial charge in [0.1, 0.15) is 5.82 Å². The fraction of sp³-hybridized carbons (Fsp3) is 0.387. The molecule has 2 N–H and O–H groups in total. The Morgan fingerprint density at radius 1 is 1.00 bits per heavy atom. The van der Waals surface area contributed by atoms with Crippen LogP contribution in [0.2, 0.25) is 5.02 Å². The van der Waals surface area contributed by atoms with E-state index < -0.39 is 5.82 Å². The van der Waals surface area contributed by atoms with E-state index in [1.165, 1.54) is 19.1 Å². The lowest BCUT2D eigenvalue weighted by atomic mass is 10.0. The van der Waals surface area contributed by atoms with Crippen LogP contribution >= 0.6 is 11.6 Å². The zero-order valence-corrected chi connectivity index (χ0v) is 23.7. The number of nitrogens with one attached hydrogen (secondary N) is 2. The van der Waals surface area contributed by atoms with Crippen molar-refractivity contribution in [1.29, 1.82) is 0 Å². The third kappa shape index (κ3) is 5.56. The lowest BCUT2D eigenvalue weighted by Gasteiger charge is -2.25. The van der Waals surface area contributed by atoms with Crippen LogP contribution in [0.15, 0.2) is 48.5 Å². The topological polar surface area (TPSA) is 85.5 Å². The molecule has 2 aliphatic heterocycles. The highest BCUT2D eigenvalue weighted by atomic mass is 35.5. The van der Waals surface area contributed by atoms with Crippen LogP contribution in [0.1, 0.15) is 67.4 Å². The van der Waals surface area contributed by atoms with Crippen LogP contribution in [0.4, 0.5) is 4.39 Å². The number of aromatic amines is 1. The Morgan fingerprint density at radius 3 is 2.27 bits per heavy atom. The molecule has 2 unspecified atom stereocenters. The Balaban J connectivity index is 1.22. The van der Waals surface area contributed by atoms with Crippen molar-refractivity contribution in [2.24, 2.45) is 11.8 Å². The van der Waals surface area contributed by atoms with Crippen molar-refractivity contribution in [3.63, 3.8) is 0 Å². The number of halogens is 2. The average Bonchev–Trinajstić information content (AvgIpc) is 3.58. The number of benzene rings is 2. The highest BCUT2D eigenvalue weighted by Gasteiger charge is 2.42. The van der Waals surface area contributed by atoms with E-state index in [1.54, 1.807) is 17.9 Å². The molecule has 0 aliphatic carbocycles. The molecule has 3 atom stereocenters. The Hall–Kier alpha value is -3.49. The number of likely N-dealkylation sites (tertiary alicyclic amines) is 2. The molecule has 9 heteroatoms. The van der Waals surface area contributed by atoms with Crippen molar-refractivity contribution < 1.29 is 18.8 Å². The summed E-state index contributed by atoms with van der Waals surface area (Å²) >= 11 is 6.13. The predicted molar refractivity (Wildman–Crippen MR) is 152 cm³/mol. The minimum absolute atomic E-state index is 0.0502. The van der Waals surface area contributed by atoms with Gasteiger partial charge in [-0.15, -0.1) is 0 Å². The van der Waals surface area contributed by atoms with Gasteiger partial charge in [-0.3, -0.25) is 14.4 Å². The Morgan fingerprint density at radius 2 is 1.68 bits per heavy atom. The molecule has 7 nitrogen and oxygen atoms in total. The average molecular weight is 565 g/mol. The van der Waals surface area contributed by atoms with Gasteiger partial charge in [-0.05, 0) is 55.4 Å². The van der Waals surface area contributed by atoms with E-state index in [0.29, 0.717) is 53.9 Å². The van der Waals surface area contributed by atoms with Crippen molar-refractivity contribution in [3.05, 3.63) is 93.0 Å². The normalized spacial score (nSPS) is 19.5. The highest BCUT2D eigenvalue weighted by Crippen LogP contribution is 2.34. The zero-order chi connectivity index (χ0) is 28.6. The Bertz CT molecular complexity index is 1410. The Labute approximate surface area is 238 Å². The van der Waals surface area contributed by atoms with E-state index in [9.17, 15) is 18.8 Å². The molecule has 2 fully saturated rings. The molecule has 1 aromatic heterocycles. The SMILES string of the molecule is CC(=O)c1[nH]c(C)c(C(=O)NC(CCN2CC3CN(C(=O)c4c(F)cccc4Cl)C[C@@H]3C2)c2ccccc2)c1C. The van der Waals surface area contributed by atoms with Crippen LogP contribution in [-0.4, -0.2) is 65.1 Å². The minimum atomic E-state index is -0.590. The molecule has 0 spiro atoms. The largest absolute Gasteiger partial charge is 0.355 e. The summed E-state index contributed by atoms with van der Waals surface area (Å²) in [4.78, 5) is 45.5. The molecule has 5 rings (SSSR count). The number of amides is 2. The van der Waals surface area contributed by atoms with Crippen LogP contribution in [0.5, 0.6) is 0 Å². The first-order chi connectivity index (χ1) is 19.1. The van der Waals surface area contributed by atoms with Crippen molar-refractivity contribution in [1.82, 2.24) is 20.1 Å². The van der Waals surface area contributed by atoms with Gasteiger partial charge in [0.05, 0.1) is 27.9 Å². The predicted octanol–water partition coefficient (Wildman–Crippen LogP) is 5.19. The maximum absolute atomic E-state index is 14.3. The molecular weight excluding hydrogens is 531 g/mol. The molecule has 2 aliphatic rings. The van der Waals surface area contributed by atoms with E-state index in [4.69, 9.17) is 11.6 Å². The number of H-pyrrole nitrogens is 1. The summed E-state index contributed by atoms with van der Waals surface area (Å²) < 4.78 is 14.3. The second-order valence-electron chi connectivity index (χ2n) is 11.0. The van der Waals surface area contributed by atoms with Crippen molar-refractivity contribution >= 4 is 29.2 Å². The number of hydrogen-bond acceptors (Lipinski definition) is 4. The molecule has 0 bridgehead atoms. The first-order valence-corrected chi connectivity index (χ1v) is 14.0. The molecular formula is C31H34ClFN4O3. The van der Waals surface area contributed by atoms with Gasteiger partial charge in [-0.1, -0.05) is 48.0 Å². The van der Waals surface area contributed by atoms with Gasteiger partial charge in [0.15, 0.2) is 5.78 Å². The lowest BCUT2D eigenvalue weighted by molar-refractivity contribution is 0.0769. The summed E-state index contributed by atoms with van der Waals surface area (Å²) in [5.41, 5.74) is 3.29. The van der Waals surface area contributed by atoms with Gasteiger partial charge in [-0.2, -0.15) is 0 Å². The van der Waals surface area contributed by atoms with E-state index in [-0.39, 0.29) is 34.2 Å². The number of carbonyl (C=O) groups excluding carboxylic acids is 3. The zero-order valence-electron chi connectivity index (χ0n) is 23.0. The van der Waals surface area contributed by atoms with E-state index in [2.05, 4.69) is 15.2 Å². The van der Waals surface area contributed by atoms with E-state index in [0.717, 1.165) is 25.2 Å². The number of nitrogens with zero attached hydrogens (tertiary/aromatic N) is 2. The molecule has 0 radical (unpaired) electrons. The fourth-order valence-electron chi connectivity index (χ4n) is 6.29. The number of aryl methyl sites for hydroxylation is 1. The second kappa shape index (κ2) is 11.6. The van der Waals surface area contributed by atoms with Crippen LogP contribution in [-0.2, 0) is 0 Å². The quantitative estimate of drug-likeness (QED) is 0.369. The molecule has 3 aromatic rings. The lowest BCUT2D eigenvalue weighted by Crippen LogP contribution is -2.35. The summed E-state index contributed by atoms with van der Waals surface area (Å²) in [6.07, 6.45) is 0.713. The van der Waals surface area contributed by atoms with Crippen LogP contribution in [0.3, 0.4) is 0 Å². The number of hydrogen-bond donors (Lipinski definition) is 2. The molecule has 210 valence electrons. The molecule has 2 amide bonds. The van der Waals surface area contributed by atoms with Crippen molar-refractivity contribution in [2.75, 3.05) is 32.7 Å². The number of carbonyl (C=O) groups is 3. The molecule has 3 heterocycles. The van der Waals surface area contributed by atoms with E-state index in [1.807, 2.05) is 37.3 Å². The van der Waals surface area contributed by atoms with Crippen molar-refractivity contribution in [2.45, 2.75) is 33.2 Å². The number of aromatic nitrogens is 1. The number of Topliss-reactive ketones (excluding diaryl/α,β-unsaturated/α-hetero) is 1. The van der Waals surface area contributed by atoms with Gasteiger partial charge < -0.3 is 20.1 Å². The summed E-state index contributed by atoms with van der Waals surface area (Å²) in [6.45, 7) is 8.71. The van der Waals surface area contributed by atoms with Gasteiger partial charge in [0.2, 0.25) is 0 Å². The standard InChI is InChI=1S/C31H34ClFN4O3/c1-18-27(19(2)34-29(18)20(3)38)30(39)35-26(21-8-5-4-6-9-21)12-13-36-14-22-16-37(17-23(22)15-36)31(40)28-24(32)10-7-11-25(28)33/h4-11,22-23,26,34H,12-17H2,1-3H3,(H,35,39)/t22-,23?,26?/m0/s1. The summed E-state index contributed by atoms with van der Waals surface area (Å²) in [6, 6.07) is 14.0. The summed E-state index contributed by atoms with van der Waals surface area (Å²) in [7, 11) is 0. The number of rotatable bonds is 8. The maximum atomic E-state index is 14.3. The van der Waals surface area contributed by atoms with Gasteiger partial charge in [0, 0.05) is 45.3 Å². The third-order valence-corrected chi connectivity index (χ3v) is 8.60. The van der Waals surface area contributed by atoms with Crippen LogP contribution in [0.25, 0.3) is 0 Å². The summed E-state index contributed by atoms with van der Waals surface area (Å²) in [5.74, 6) is -0.612. The minimum Gasteiger partial charge on any atom is -0.355 e. The number of ketones is 1. The van der Waals surface area contributed by atoms with Crippen LogP contribution < -0.4 is 5.32 Å². The molecule has 40 heavy (non-hydrogen) atoms. The van der Waals surface area contributed by atoms with Crippen LogP contribution in [0, 0.1) is 31.5 Å². The summed E-state index contributed by atoms with van der Waals surface area (Å²) in [5, 5.41) is 3.35.